The summed E-state index contributed by atoms with van der Waals surface area (Å²) in [6.45, 7) is 8.19. The van der Waals surface area contributed by atoms with Crippen LogP contribution in [-0.2, 0) is 4.74 Å². The van der Waals surface area contributed by atoms with Crippen molar-refractivity contribution in [2.75, 3.05) is 39.9 Å². The lowest BCUT2D eigenvalue weighted by molar-refractivity contribution is 0.0681. The molecular formula is C18H34N2O. The van der Waals surface area contributed by atoms with Crippen LogP contribution < -0.4 is 5.32 Å². The van der Waals surface area contributed by atoms with Crippen molar-refractivity contribution in [1.82, 2.24) is 10.2 Å². The SMILES string of the molecule is COCCNCC1(CN2CC3CCC2C3)CCC(C)CC1. The zero-order valence-electron chi connectivity index (χ0n) is 14.1. The lowest BCUT2D eigenvalue weighted by Crippen LogP contribution is -2.48. The minimum Gasteiger partial charge on any atom is -0.383 e. The molecule has 3 fully saturated rings. The molecule has 3 rings (SSSR count). The molecule has 2 bridgehead atoms. The Bertz CT molecular complexity index is 325. The van der Waals surface area contributed by atoms with E-state index < -0.39 is 0 Å². The van der Waals surface area contributed by atoms with Crippen molar-refractivity contribution in [1.29, 1.82) is 0 Å². The van der Waals surface area contributed by atoms with Gasteiger partial charge < -0.3 is 10.1 Å². The number of rotatable bonds is 7. The Hall–Kier alpha value is -0.120. The number of nitrogens with zero attached hydrogens (tertiary/aromatic N) is 1. The number of nitrogens with one attached hydrogen (secondary N) is 1. The van der Waals surface area contributed by atoms with Crippen molar-refractivity contribution < 1.29 is 4.74 Å². The van der Waals surface area contributed by atoms with Gasteiger partial charge in [-0.1, -0.05) is 19.8 Å². The van der Waals surface area contributed by atoms with Crippen LogP contribution in [0.4, 0.5) is 0 Å². The molecule has 3 aliphatic rings. The minimum absolute atomic E-state index is 0.532. The van der Waals surface area contributed by atoms with E-state index in [1.165, 1.54) is 64.6 Å². The molecule has 1 heterocycles. The van der Waals surface area contributed by atoms with E-state index in [0.717, 1.165) is 31.0 Å². The van der Waals surface area contributed by atoms with Gasteiger partial charge in [0.2, 0.25) is 0 Å². The van der Waals surface area contributed by atoms with Gasteiger partial charge in [-0.25, -0.2) is 0 Å². The molecule has 0 aromatic carbocycles. The largest absolute Gasteiger partial charge is 0.383 e. The van der Waals surface area contributed by atoms with Crippen LogP contribution in [-0.4, -0.2) is 50.8 Å². The summed E-state index contributed by atoms with van der Waals surface area (Å²) in [4.78, 5) is 2.85. The third-order valence-electron chi connectivity index (χ3n) is 6.38. The lowest BCUT2D eigenvalue weighted by Gasteiger charge is -2.44. The van der Waals surface area contributed by atoms with E-state index in [9.17, 15) is 0 Å². The van der Waals surface area contributed by atoms with Gasteiger partial charge >= 0.3 is 0 Å². The average Bonchev–Trinajstić information content (AvgIpc) is 3.09. The maximum absolute atomic E-state index is 5.18. The van der Waals surface area contributed by atoms with Gasteiger partial charge in [0.1, 0.15) is 0 Å². The first-order valence-electron chi connectivity index (χ1n) is 9.14. The third-order valence-corrected chi connectivity index (χ3v) is 6.38. The van der Waals surface area contributed by atoms with E-state index in [-0.39, 0.29) is 0 Å². The first-order chi connectivity index (χ1) is 10.2. The zero-order valence-corrected chi connectivity index (χ0v) is 14.1. The van der Waals surface area contributed by atoms with Crippen LogP contribution in [0.15, 0.2) is 0 Å². The van der Waals surface area contributed by atoms with Gasteiger partial charge in [0.25, 0.3) is 0 Å². The van der Waals surface area contributed by atoms with Crippen LogP contribution >= 0.6 is 0 Å². The molecule has 0 aromatic rings. The second kappa shape index (κ2) is 6.97. The molecule has 21 heavy (non-hydrogen) atoms. The van der Waals surface area contributed by atoms with Crippen LogP contribution in [0.1, 0.15) is 51.9 Å². The van der Waals surface area contributed by atoms with Gasteiger partial charge in [-0.05, 0) is 49.4 Å². The standard InChI is InChI=1S/C18H34N2O/c1-15-5-7-18(8-6-15,13-19-9-10-21-2)14-20-12-16-3-4-17(20)11-16/h15-17,19H,3-14H2,1-2H3. The van der Waals surface area contributed by atoms with E-state index in [1.54, 1.807) is 7.11 Å². The molecule has 3 heteroatoms. The quantitative estimate of drug-likeness (QED) is 0.731. The van der Waals surface area contributed by atoms with Gasteiger partial charge in [-0.2, -0.15) is 0 Å². The van der Waals surface area contributed by atoms with Crippen molar-refractivity contribution in [2.24, 2.45) is 17.3 Å². The zero-order chi connectivity index (χ0) is 14.7. The fraction of sp³-hybridized carbons (Fsp3) is 1.00. The molecular weight excluding hydrogens is 260 g/mol. The van der Waals surface area contributed by atoms with E-state index in [1.807, 2.05) is 0 Å². The Morgan fingerprint density at radius 1 is 1.19 bits per heavy atom. The maximum Gasteiger partial charge on any atom is 0.0587 e. The summed E-state index contributed by atoms with van der Waals surface area (Å²) >= 11 is 0. The third kappa shape index (κ3) is 3.80. The number of methoxy groups -OCH3 is 1. The van der Waals surface area contributed by atoms with E-state index >= 15 is 0 Å². The predicted molar refractivity (Wildman–Crippen MR) is 87.5 cm³/mol. The molecule has 3 nitrogen and oxygen atoms in total. The van der Waals surface area contributed by atoms with Crippen molar-refractivity contribution in [3.63, 3.8) is 0 Å². The molecule has 2 unspecified atom stereocenters. The smallest absolute Gasteiger partial charge is 0.0587 e. The monoisotopic (exact) mass is 294 g/mol. The molecule has 0 amide bonds. The van der Waals surface area contributed by atoms with Gasteiger partial charge in [0, 0.05) is 39.3 Å². The van der Waals surface area contributed by atoms with Crippen LogP contribution in [0.3, 0.4) is 0 Å². The number of likely N-dealkylation sites (tertiary alicyclic amines) is 1. The summed E-state index contributed by atoms with van der Waals surface area (Å²) in [6.07, 6.45) is 10.1. The highest BCUT2D eigenvalue weighted by atomic mass is 16.5. The van der Waals surface area contributed by atoms with Crippen LogP contribution in [0.5, 0.6) is 0 Å². The molecule has 1 saturated heterocycles. The van der Waals surface area contributed by atoms with Crippen LogP contribution in [0, 0.1) is 17.3 Å². The number of hydrogen-bond donors (Lipinski definition) is 1. The molecule has 122 valence electrons. The molecule has 0 spiro atoms. The van der Waals surface area contributed by atoms with Crippen LogP contribution in [0.2, 0.25) is 0 Å². The molecule has 2 atom stereocenters. The number of ether oxygens (including phenoxy) is 1. The minimum atomic E-state index is 0.532. The Morgan fingerprint density at radius 3 is 2.62 bits per heavy atom. The molecule has 0 aromatic heterocycles. The first kappa shape index (κ1) is 15.8. The summed E-state index contributed by atoms with van der Waals surface area (Å²) in [6, 6.07) is 0.921. The molecule has 2 saturated carbocycles. The Balaban J connectivity index is 1.56. The second-order valence-corrected chi connectivity index (χ2v) is 8.11. The normalized spacial score (nSPS) is 40.0. The molecule has 1 N–H and O–H groups in total. The molecule has 1 aliphatic heterocycles. The Kier molecular flexibility index (Phi) is 5.23. The van der Waals surface area contributed by atoms with Crippen molar-refractivity contribution in [3.05, 3.63) is 0 Å². The summed E-state index contributed by atoms with van der Waals surface area (Å²) < 4.78 is 5.18. The second-order valence-electron chi connectivity index (χ2n) is 8.11. The maximum atomic E-state index is 5.18. The topological polar surface area (TPSA) is 24.5 Å². The van der Waals surface area contributed by atoms with E-state index in [0.29, 0.717) is 5.41 Å². The highest BCUT2D eigenvalue weighted by molar-refractivity contribution is 4.97. The van der Waals surface area contributed by atoms with E-state index in [2.05, 4.69) is 17.1 Å². The van der Waals surface area contributed by atoms with Crippen molar-refractivity contribution in [2.45, 2.75) is 57.9 Å². The fourth-order valence-corrected chi connectivity index (χ4v) is 4.94. The first-order valence-corrected chi connectivity index (χ1v) is 9.14. The Morgan fingerprint density at radius 2 is 2.00 bits per heavy atom. The number of piperidine rings is 1. The van der Waals surface area contributed by atoms with Gasteiger partial charge in [-0.15, -0.1) is 0 Å². The Labute approximate surface area is 130 Å². The molecule has 0 radical (unpaired) electrons. The number of hydrogen-bond acceptors (Lipinski definition) is 3. The lowest BCUT2D eigenvalue weighted by atomic mass is 9.70. The fourth-order valence-electron chi connectivity index (χ4n) is 4.94. The predicted octanol–water partition coefficient (Wildman–Crippen LogP) is 2.90. The summed E-state index contributed by atoms with van der Waals surface area (Å²) in [5, 5.41) is 3.68. The summed E-state index contributed by atoms with van der Waals surface area (Å²) in [7, 11) is 1.79. The highest BCUT2D eigenvalue weighted by Crippen LogP contribution is 2.43. The van der Waals surface area contributed by atoms with Crippen LogP contribution in [0.25, 0.3) is 0 Å². The summed E-state index contributed by atoms with van der Waals surface area (Å²) in [5.41, 5.74) is 0.532. The van der Waals surface area contributed by atoms with Gasteiger partial charge in [0.05, 0.1) is 6.61 Å². The van der Waals surface area contributed by atoms with Crippen molar-refractivity contribution in [3.8, 4) is 0 Å². The molecule has 2 aliphatic carbocycles. The van der Waals surface area contributed by atoms with Gasteiger partial charge in [0.15, 0.2) is 0 Å². The van der Waals surface area contributed by atoms with Gasteiger partial charge in [-0.3, -0.25) is 4.90 Å². The summed E-state index contributed by atoms with van der Waals surface area (Å²) in [5.74, 6) is 1.96. The average molecular weight is 294 g/mol. The number of fused-ring (bicyclic) bond motifs is 2. The van der Waals surface area contributed by atoms with Crippen molar-refractivity contribution >= 4 is 0 Å². The highest BCUT2D eigenvalue weighted by Gasteiger charge is 2.43. The van der Waals surface area contributed by atoms with E-state index in [4.69, 9.17) is 4.74 Å².